The molecule has 6 nitrogen and oxygen atoms in total. The fourth-order valence-corrected chi connectivity index (χ4v) is 5.14. The number of amides is 1. The first-order valence-electron chi connectivity index (χ1n) is 8.83. The van der Waals surface area contributed by atoms with E-state index in [2.05, 4.69) is 12.2 Å². The molecular weight excluding hydrogens is 354 g/mol. The fourth-order valence-electron chi connectivity index (χ4n) is 3.74. The number of carbonyl (C=O) groups is 3. The molecule has 1 aromatic heterocycles. The Morgan fingerprint density at radius 1 is 1.23 bits per heavy atom. The van der Waals surface area contributed by atoms with Crippen LogP contribution in [0.4, 0.5) is 5.00 Å². The van der Waals surface area contributed by atoms with Gasteiger partial charge in [-0.15, -0.1) is 11.3 Å². The van der Waals surface area contributed by atoms with Crippen molar-refractivity contribution in [1.82, 2.24) is 0 Å². The van der Waals surface area contributed by atoms with E-state index in [1.54, 1.807) is 6.08 Å². The minimum atomic E-state index is -0.970. The van der Waals surface area contributed by atoms with E-state index in [1.807, 2.05) is 6.08 Å². The van der Waals surface area contributed by atoms with Crippen molar-refractivity contribution in [2.24, 2.45) is 17.8 Å². The van der Waals surface area contributed by atoms with E-state index in [9.17, 15) is 19.5 Å². The molecule has 2 N–H and O–H groups in total. The zero-order chi connectivity index (χ0) is 18.8. The van der Waals surface area contributed by atoms with Gasteiger partial charge in [0, 0.05) is 4.88 Å². The molecule has 0 unspecified atom stereocenters. The second kappa shape index (κ2) is 7.61. The summed E-state index contributed by atoms with van der Waals surface area (Å²) >= 11 is 1.41. The van der Waals surface area contributed by atoms with Crippen LogP contribution in [0.15, 0.2) is 12.2 Å². The van der Waals surface area contributed by atoms with Crippen molar-refractivity contribution < 1.29 is 24.2 Å². The van der Waals surface area contributed by atoms with Gasteiger partial charge in [0.25, 0.3) is 0 Å². The molecule has 7 heteroatoms. The number of nitrogens with one attached hydrogen (secondary N) is 1. The third-order valence-electron chi connectivity index (χ3n) is 5.22. The third-order valence-corrected chi connectivity index (χ3v) is 6.39. The van der Waals surface area contributed by atoms with Crippen molar-refractivity contribution in [2.45, 2.75) is 39.0 Å². The molecule has 2 aliphatic rings. The maximum atomic E-state index is 12.8. The average Bonchev–Trinajstić information content (AvgIpc) is 2.97. The van der Waals surface area contributed by atoms with Gasteiger partial charge in [-0.2, -0.15) is 0 Å². The van der Waals surface area contributed by atoms with Crippen LogP contribution in [0.2, 0.25) is 0 Å². The fraction of sp³-hybridized carbons (Fsp3) is 0.526. The molecule has 2 aliphatic carbocycles. The SMILES string of the molecule is COC(=O)c1c(NC(=O)[C@@H]2CC=CC[C@@H]2C(=O)O)sc2c1CC[C@@H](C)C2. The van der Waals surface area contributed by atoms with Crippen molar-refractivity contribution >= 4 is 34.2 Å². The number of anilines is 1. The van der Waals surface area contributed by atoms with Crippen LogP contribution in [0, 0.1) is 17.8 Å². The molecule has 1 amide bonds. The van der Waals surface area contributed by atoms with E-state index >= 15 is 0 Å². The molecule has 3 atom stereocenters. The highest BCUT2D eigenvalue weighted by molar-refractivity contribution is 7.17. The van der Waals surface area contributed by atoms with E-state index in [-0.39, 0.29) is 5.91 Å². The topological polar surface area (TPSA) is 92.7 Å². The Balaban J connectivity index is 1.89. The molecular formula is C19H23NO5S. The highest BCUT2D eigenvalue weighted by Crippen LogP contribution is 2.40. The Bertz CT molecular complexity index is 766. The summed E-state index contributed by atoms with van der Waals surface area (Å²) in [6, 6.07) is 0. The van der Waals surface area contributed by atoms with Crippen molar-refractivity contribution in [3.8, 4) is 0 Å². The first-order chi connectivity index (χ1) is 12.4. The Hall–Kier alpha value is -2.15. The molecule has 3 rings (SSSR count). The van der Waals surface area contributed by atoms with E-state index in [4.69, 9.17) is 4.74 Å². The van der Waals surface area contributed by atoms with Crippen LogP contribution in [-0.2, 0) is 27.2 Å². The predicted octanol–water partition coefficient (Wildman–Crippen LogP) is 3.27. The number of methoxy groups -OCH3 is 1. The molecule has 0 aromatic carbocycles. The van der Waals surface area contributed by atoms with Gasteiger partial charge in [0.15, 0.2) is 0 Å². The van der Waals surface area contributed by atoms with E-state index in [1.165, 1.54) is 18.4 Å². The first kappa shape index (κ1) is 18.6. The predicted molar refractivity (Wildman–Crippen MR) is 98.5 cm³/mol. The van der Waals surface area contributed by atoms with Crippen molar-refractivity contribution in [1.29, 1.82) is 0 Å². The molecule has 0 fully saturated rings. The second-order valence-electron chi connectivity index (χ2n) is 7.03. The lowest BCUT2D eigenvalue weighted by molar-refractivity contribution is -0.146. The molecule has 0 saturated heterocycles. The van der Waals surface area contributed by atoms with Gasteiger partial charge >= 0.3 is 11.9 Å². The Morgan fingerprint density at radius 3 is 2.58 bits per heavy atom. The number of rotatable bonds is 4. The molecule has 1 heterocycles. The number of aliphatic carboxylic acids is 1. The van der Waals surface area contributed by atoms with Crippen LogP contribution in [-0.4, -0.2) is 30.1 Å². The lowest BCUT2D eigenvalue weighted by Gasteiger charge is -2.24. The number of fused-ring (bicyclic) bond motifs is 1. The van der Waals surface area contributed by atoms with Crippen LogP contribution in [0.25, 0.3) is 0 Å². The zero-order valence-electron chi connectivity index (χ0n) is 14.9. The summed E-state index contributed by atoms with van der Waals surface area (Å²) in [7, 11) is 1.33. The number of thiophene rings is 1. The van der Waals surface area contributed by atoms with Crippen LogP contribution < -0.4 is 5.32 Å². The number of carboxylic acid groups (broad SMARTS) is 1. The number of hydrogen-bond donors (Lipinski definition) is 2. The Morgan fingerprint density at radius 2 is 1.92 bits per heavy atom. The van der Waals surface area contributed by atoms with Gasteiger partial charge in [-0.25, -0.2) is 4.79 Å². The van der Waals surface area contributed by atoms with Gasteiger partial charge in [0.1, 0.15) is 5.00 Å². The van der Waals surface area contributed by atoms with Crippen molar-refractivity contribution in [2.75, 3.05) is 12.4 Å². The monoisotopic (exact) mass is 377 g/mol. The number of allylic oxidation sites excluding steroid dienone is 2. The van der Waals surface area contributed by atoms with Crippen LogP contribution in [0.5, 0.6) is 0 Å². The Kier molecular flexibility index (Phi) is 5.46. The maximum Gasteiger partial charge on any atom is 0.341 e. The van der Waals surface area contributed by atoms with Crippen LogP contribution in [0.3, 0.4) is 0 Å². The van der Waals surface area contributed by atoms with Gasteiger partial charge in [0.2, 0.25) is 5.91 Å². The summed E-state index contributed by atoms with van der Waals surface area (Å²) in [5.74, 6) is -2.61. The summed E-state index contributed by atoms with van der Waals surface area (Å²) in [4.78, 5) is 37.6. The standard InChI is InChI=1S/C19H23NO5S/c1-10-7-8-13-14(9-10)26-17(15(13)19(24)25-2)20-16(21)11-5-3-4-6-12(11)18(22)23/h3-4,10-12H,5-9H2,1-2H3,(H,20,21)(H,22,23)/t10-,11-,12+/m1/s1. The van der Waals surface area contributed by atoms with Gasteiger partial charge < -0.3 is 15.2 Å². The average molecular weight is 377 g/mol. The first-order valence-corrected chi connectivity index (χ1v) is 9.65. The lowest BCUT2D eigenvalue weighted by Crippen LogP contribution is -2.34. The van der Waals surface area contributed by atoms with Gasteiger partial charge in [-0.05, 0) is 43.6 Å². The molecule has 1 aromatic rings. The normalized spacial score (nSPS) is 24.6. The van der Waals surface area contributed by atoms with E-state index in [0.717, 1.165) is 29.7 Å². The largest absolute Gasteiger partial charge is 0.481 e. The second-order valence-corrected chi connectivity index (χ2v) is 8.14. The van der Waals surface area contributed by atoms with Gasteiger partial charge in [-0.3, -0.25) is 9.59 Å². The minimum absolute atomic E-state index is 0.343. The number of carboxylic acids is 1. The molecule has 0 saturated carbocycles. The number of carbonyl (C=O) groups excluding carboxylic acids is 2. The molecule has 0 aliphatic heterocycles. The van der Waals surface area contributed by atoms with Gasteiger partial charge in [0.05, 0.1) is 24.5 Å². The summed E-state index contributed by atoms with van der Waals surface area (Å²) in [5.41, 5.74) is 1.40. The molecule has 26 heavy (non-hydrogen) atoms. The summed E-state index contributed by atoms with van der Waals surface area (Å²) < 4.78 is 4.93. The Labute approximate surface area is 156 Å². The highest BCUT2D eigenvalue weighted by atomic mass is 32.1. The quantitative estimate of drug-likeness (QED) is 0.621. The summed E-state index contributed by atoms with van der Waals surface area (Å²) in [6.45, 7) is 2.17. The van der Waals surface area contributed by atoms with E-state index < -0.39 is 23.8 Å². The van der Waals surface area contributed by atoms with Crippen LogP contribution >= 0.6 is 11.3 Å². The summed E-state index contributed by atoms with van der Waals surface area (Å²) in [6.07, 6.45) is 7.03. The lowest BCUT2D eigenvalue weighted by atomic mass is 9.82. The third kappa shape index (κ3) is 3.53. The number of esters is 1. The molecule has 0 bridgehead atoms. The highest BCUT2D eigenvalue weighted by Gasteiger charge is 2.36. The van der Waals surface area contributed by atoms with Gasteiger partial charge in [-0.1, -0.05) is 19.1 Å². The number of ether oxygens (including phenoxy) is 1. The minimum Gasteiger partial charge on any atom is -0.481 e. The van der Waals surface area contributed by atoms with Crippen LogP contribution in [0.1, 0.15) is 47.0 Å². The smallest absolute Gasteiger partial charge is 0.341 e. The summed E-state index contributed by atoms with van der Waals surface area (Å²) in [5, 5.41) is 12.7. The van der Waals surface area contributed by atoms with Crippen molar-refractivity contribution in [3.05, 3.63) is 28.2 Å². The van der Waals surface area contributed by atoms with E-state index in [0.29, 0.717) is 29.3 Å². The molecule has 0 spiro atoms. The number of hydrogen-bond acceptors (Lipinski definition) is 5. The molecule has 0 radical (unpaired) electrons. The zero-order valence-corrected chi connectivity index (χ0v) is 15.7. The van der Waals surface area contributed by atoms with Crippen molar-refractivity contribution in [3.63, 3.8) is 0 Å². The maximum absolute atomic E-state index is 12.8. The molecule has 140 valence electrons.